The zero-order valence-corrected chi connectivity index (χ0v) is 5.85. The number of halogens is 3. The average Bonchev–Trinajstić information content (AvgIpc) is 2.66. The van der Waals surface area contributed by atoms with Gasteiger partial charge in [0.25, 0.3) is 0 Å². The van der Waals surface area contributed by atoms with E-state index in [2.05, 4.69) is 10.2 Å². The van der Waals surface area contributed by atoms with E-state index in [9.17, 15) is 13.2 Å². The van der Waals surface area contributed by atoms with E-state index in [0.29, 0.717) is 12.3 Å². The number of hydrogen-bond donors (Lipinski definition) is 1. The van der Waals surface area contributed by atoms with Crippen LogP contribution < -0.4 is 0 Å². The van der Waals surface area contributed by atoms with Crippen molar-refractivity contribution in [2.24, 2.45) is 0 Å². The Morgan fingerprint density at radius 2 is 2.25 bits per heavy atom. The van der Waals surface area contributed by atoms with E-state index in [0.717, 1.165) is 6.07 Å². The van der Waals surface area contributed by atoms with Crippen LogP contribution in [0.4, 0.5) is 13.2 Å². The summed E-state index contributed by atoms with van der Waals surface area (Å²) in [4.78, 5) is 0. The largest absolute Gasteiger partial charge is 0.435 e. The number of aromatic nitrogens is 2. The van der Waals surface area contributed by atoms with E-state index in [1.165, 1.54) is 0 Å². The van der Waals surface area contributed by atoms with Crippen LogP contribution >= 0.6 is 0 Å². The van der Waals surface area contributed by atoms with Gasteiger partial charge >= 0.3 is 6.18 Å². The van der Waals surface area contributed by atoms with Crippen LogP contribution in [0.15, 0.2) is 6.07 Å². The smallest absolute Gasteiger partial charge is 0.366 e. The first kappa shape index (κ1) is 7.60. The van der Waals surface area contributed by atoms with Gasteiger partial charge in [-0.15, -0.1) is 0 Å². The van der Waals surface area contributed by atoms with Gasteiger partial charge in [-0.2, -0.15) is 18.3 Å². The van der Waals surface area contributed by atoms with E-state index in [4.69, 9.17) is 4.74 Å². The van der Waals surface area contributed by atoms with Gasteiger partial charge in [-0.05, 0) is 6.07 Å². The molecule has 1 aromatic heterocycles. The predicted molar refractivity (Wildman–Crippen MR) is 32.3 cm³/mol. The van der Waals surface area contributed by atoms with Gasteiger partial charge < -0.3 is 4.74 Å². The van der Waals surface area contributed by atoms with E-state index < -0.39 is 11.9 Å². The lowest BCUT2D eigenvalue weighted by atomic mass is 10.3. The second kappa shape index (κ2) is 2.22. The molecule has 1 saturated heterocycles. The van der Waals surface area contributed by atoms with E-state index in [1.54, 1.807) is 0 Å². The lowest BCUT2D eigenvalue weighted by Crippen LogP contribution is -2.04. The number of nitrogens with one attached hydrogen (secondary N) is 1. The van der Waals surface area contributed by atoms with Crippen LogP contribution in [0.3, 0.4) is 0 Å². The SMILES string of the molecule is FC(F)(F)c1cc([C@@H]2CO2)[nH]n1. The molecule has 6 heteroatoms. The Morgan fingerprint density at radius 1 is 1.58 bits per heavy atom. The molecule has 1 fully saturated rings. The molecule has 0 radical (unpaired) electrons. The van der Waals surface area contributed by atoms with Crippen molar-refractivity contribution in [3.63, 3.8) is 0 Å². The van der Waals surface area contributed by atoms with Gasteiger partial charge in [0.05, 0.1) is 12.3 Å². The van der Waals surface area contributed by atoms with Crippen molar-refractivity contribution in [1.29, 1.82) is 0 Å². The lowest BCUT2D eigenvalue weighted by molar-refractivity contribution is -0.141. The number of nitrogens with zero attached hydrogens (tertiary/aromatic N) is 1. The quantitative estimate of drug-likeness (QED) is 0.662. The van der Waals surface area contributed by atoms with Crippen LogP contribution in [0.5, 0.6) is 0 Å². The van der Waals surface area contributed by atoms with Crippen LogP contribution in [0.2, 0.25) is 0 Å². The van der Waals surface area contributed by atoms with Gasteiger partial charge in [-0.25, -0.2) is 0 Å². The maximum absolute atomic E-state index is 12.0. The summed E-state index contributed by atoms with van der Waals surface area (Å²) in [6.45, 7) is 0.472. The van der Waals surface area contributed by atoms with E-state index in [-0.39, 0.29) is 6.10 Å². The first-order valence-corrected chi connectivity index (χ1v) is 3.31. The van der Waals surface area contributed by atoms with Crippen molar-refractivity contribution >= 4 is 0 Å². The number of aromatic amines is 1. The third-order valence-electron chi connectivity index (χ3n) is 1.57. The Labute approximate surface area is 65.5 Å². The summed E-state index contributed by atoms with van der Waals surface area (Å²) in [7, 11) is 0. The molecule has 0 bridgehead atoms. The monoisotopic (exact) mass is 178 g/mol. The summed E-state index contributed by atoms with van der Waals surface area (Å²) in [5, 5.41) is 5.40. The van der Waals surface area contributed by atoms with Gasteiger partial charge in [0.2, 0.25) is 0 Å². The van der Waals surface area contributed by atoms with Crippen molar-refractivity contribution < 1.29 is 17.9 Å². The molecule has 0 spiro atoms. The fraction of sp³-hybridized carbons (Fsp3) is 0.500. The predicted octanol–water partition coefficient (Wildman–Crippen LogP) is 1.50. The number of H-pyrrole nitrogens is 1. The molecule has 0 unspecified atom stereocenters. The summed E-state index contributed by atoms with van der Waals surface area (Å²) >= 11 is 0. The highest BCUT2D eigenvalue weighted by atomic mass is 19.4. The minimum atomic E-state index is -4.37. The summed E-state index contributed by atoms with van der Waals surface area (Å²) in [5.41, 5.74) is -0.504. The molecule has 1 aromatic rings. The van der Waals surface area contributed by atoms with Gasteiger partial charge in [-0.1, -0.05) is 0 Å². The average molecular weight is 178 g/mol. The van der Waals surface area contributed by atoms with Crippen molar-refractivity contribution in [2.45, 2.75) is 12.3 Å². The topological polar surface area (TPSA) is 41.2 Å². The minimum absolute atomic E-state index is 0.214. The van der Waals surface area contributed by atoms with Crippen LogP contribution in [-0.2, 0) is 10.9 Å². The Kier molecular flexibility index (Phi) is 1.41. The molecule has 0 amide bonds. The standard InChI is InChI=1S/C6H5F3N2O/c7-6(8,9)5-1-3(10-11-5)4-2-12-4/h1,4H,2H2,(H,10,11)/t4-/m0/s1. The first-order chi connectivity index (χ1) is 5.57. The molecule has 0 aromatic carbocycles. The number of hydrogen-bond acceptors (Lipinski definition) is 2. The van der Waals surface area contributed by atoms with Crippen LogP contribution in [0.25, 0.3) is 0 Å². The highest BCUT2D eigenvalue weighted by Gasteiger charge is 2.36. The van der Waals surface area contributed by atoms with Crippen LogP contribution in [-0.4, -0.2) is 16.8 Å². The van der Waals surface area contributed by atoms with Gasteiger partial charge in [0.1, 0.15) is 6.10 Å². The van der Waals surface area contributed by atoms with E-state index in [1.807, 2.05) is 0 Å². The molecular weight excluding hydrogens is 173 g/mol. The molecule has 1 atom stereocenters. The Morgan fingerprint density at radius 3 is 2.67 bits per heavy atom. The molecule has 0 saturated carbocycles. The molecule has 1 aliphatic heterocycles. The maximum Gasteiger partial charge on any atom is 0.435 e. The third kappa shape index (κ3) is 1.29. The number of rotatable bonds is 1. The fourth-order valence-corrected chi connectivity index (χ4v) is 0.874. The molecule has 2 heterocycles. The second-order valence-corrected chi connectivity index (χ2v) is 2.53. The molecule has 1 N–H and O–H groups in total. The zero-order chi connectivity index (χ0) is 8.77. The van der Waals surface area contributed by atoms with Crippen molar-refractivity contribution in [3.05, 3.63) is 17.5 Å². The third-order valence-corrected chi connectivity index (χ3v) is 1.57. The highest BCUT2D eigenvalue weighted by molar-refractivity contribution is 5.16. The second-order valence-electron chi connectivity index (χ2n) is 2.53. The zero-order valence-electron chi connectivity index (χ0n) is 5.85. The van der Waals surface area contributed by atoms with Gasteiger partial charge in [0, 0.05) is 0 Å². The Balaban J connectivity index is 2.23. The highest BCUT2D eigenvalue weighted by Crippen LogP contribution is 2.33. The van der Waals surface area contributed by atoms with Crippen molar-refractivity contribution in [3.8, 4) is 0 Å². The molecule has 12 heavy (non-hydrogen) atoms. The molecular formula is C6H5F3N2O. The Bertz CT molecular complexity index is 289. The van der Waals surface area contributed by atoms with E-state index >= 15 is 0 Å². The summed E-state index contributed by atoms with van der Waals surface area (Å²) in [6, 6.07) is 0.970. The van der Waals surface area contributed by atoms with Crippen molar-refractivity contribution in [2.75, 3.05) is 6.61 Å². The Hall–Kier alpha value is -1.04. The first-order valence-electron chi connectivity index (χ1n) is 3.31. The molecule has 1 aliphatic rings. The number of alkyl halides is 3. The van der Waals surface area contributed by atoms with Gasteiger partial charge in [0.15, 0.2) is 5.69 Å². The van der Waals surface area contributed by atoms with Gasteiger partial charge in [-0.3, -0.25) is 5.10 Å². The molecule has 0 aliphatic carbocycles. The summed E-state index contributed by atoms with van der Waals surface area (Å²) < 4.78 is 40.7. The number of ether oxygens (including phenoxy) is 1. The molecule has 66 valence electrons. The molecule has 3 nitrogen and oxygen atoms in total. The lowest BCUT2D eigenvalue weighted by Gasteiger charge is -1.98. The summed E-state index contributed by atoms with van der Waals surface area (Å²) in [6.07, 6.45) is -4.59. The number of epoxide rings is 1. The fourth-order valence-electron chi connectivity index (χ4n) is 0.874. The van der Waals surface area contributed by atoms with Crippen LogP contribution in [0.1, 0.15) is 17.5 Å². The maximum atomic E-state index is 12.0. The minimum Gasteiger partial charge on any atom is -0.366 e. The van der Waals surface area contributed by atoms with Crippen LogP contribution in [0, 0.1) is 0 Å². The molecule has 2 rings (SSSR count). The summed E-state index contributed by atoms with van der Waals surface area (Å²) in [5.74, 6) is 0. The van der Waals surface area contributed by atoms with Crippen molar-refractivity contribution in [1.82, 2.24) is 10.2 Å². The normalized spacial score (nSPS) is 22.8.